The predicted molar refractivity (Wildman–Crippen MR) is 79.5 cm³/mol. The third kappa shape index (κ3) is 6.04. The van der Waals surface area contributed by atoms with Gasteiger partial charge in [-0.05, 0) is 18.4 Å². The van der Waals surface area contributed by atoms with E-state index < -0.39 is 0 Å². The molecule has 0 radical (unpaired) electrons. The molecule has 1 heterocycles. The standard InChI is InChI=1S/C17H26O3/c18-12-8-3-1-2-7-11-16-17(20-16)14-19-13-15-9-5-4-6-10-15/h4-6,9-10,16-18H,1-3,7-8,11-14H2/t16-,17-/m0/s1. The number of hydrogen-bond donors (Lipinski definition) is 1. The SMILES string of the molecule is OCCCCCCC[C@@H]1O[C@H]1COCc1ccccc1. The summed E-state index contributed by atoms with van der Waals surface area (Å²) in [5.41, 5.74) is 1.22. The molecule has 2 atom stereocenters. The summed E-state index contributed by atoms with van der Waals surface area (Å²) in [5, 5.41) is 8.69. The monoisotopic (exact) mass is 278 g/mol. The summed E-state index contributed by atoms with van der Waals surface area (Å²) in [6.45, 7) is 1.71. The minimum atomic E-state index is 0.316. The first kappa shape index (κ1) is 15.5. The molecule has 1 aliphatic rings. The maximum atomic E-state index is 8.69. The van der Waals surface area contributed by atoms with Crippen LogP contribution in [-0.4, -0.2) is 30.5 Å². The maximum absolute atomic E-state index is 8.69. The molecule has 1 N–H and O–H groups in total. The van der Waals surface area contributed by atoms with Crippen molar-refractivity contribution in [2.45, 2.75) is 57.3 Å². The van der Waals surface area contributed by atoms with E-state index in [4.69, 9.17) is 14.6 Å². The molecule has 0 aliphatic carbocycles. The van der Waals surface area contributed by atoms with Gasteiger partial charge in [-0.1, -0.05) is 56.0 Å². The van der Waals surface area contributed by atoms with Gasteiger partial charge in [-0.25, -0.2) is 0 Å². The predicted octanol–water partition coefficient (Wildman–Crippen LogP) is 3.30. The molecule has 0 saturated carbocycles. The Morgan fingerprint density at radius 2 is 1.70 bits per heavy atom. The highest BCUT2D eigenvalue weighted by Crippen LogP contribution is 2.28. The van der Waals surface area contributed by atoms with Crippen molar-refractivity contribution in [1.82, 2.24) is 0 Å². The highest BCUT2D eigenvalue weighted by atomic mass is 16.6. The molecule has 3 heteroatoms. The zero-order valence-corrected chi connectivity index (χ0v) is 12.2. The van der Waals surface area contributed by atoms with Gasteiger partial charge in [0.15, 0.2) is 0 Å². The van der Waals surface area contributed by atoms with Crippen molar-refractivity contribution in [3.8, 4) is 0 Å². The molecule has 1 aliphatic heterocycles. The number of epoxide rings is 1. The summed E-state index contributed by atoms with van der Waals surface area (Å²) >= 11 is 0. The molecule has 1 aromatic rings. The van der Waals surface area contributed by atoms with Gasteiger partial charge in [0.1, 0.15) is 6.10 Å². The number of rotatable bonds is 11. The Balaban J connectivity index is 1.43. The summed E-state index contributed by atoms with van der Waals surface area (Å²) in [4.78, 5) is 0. The van der Waals surface area contributed by atoms with Crippen molar-refractivity contribution in [1.29, 1.82) is 0 Å². The summed E-state index contributed by atoms with van der Waals surface area (Å²) < 4.78 is 11.3. The van der Waals surface area contributed by atoms with Crippen LogP contribution >= 0.6 is 0 Å². The number of benzene rings is 1. The van der Waals surface area contributed by atoms with Gasteiger partial charge < -0.3 is 14.6 Å². The van der Waals surface area contributed by atoms with E-state index in [1.54, 1.807) is 0 Å². The van der Waals surface area contributed by atoms with Gasteiger partial charge in [0.25, 0.3) is 0 Å². The average molecular weight is 278 g/mol. The van der Waals surface area contributed by atoms with E-state index in [0.29, 0.717) is 32.0 Å². The lowest BCUT2D eigenvalue weighted by molar-refractivity contribution is 0.104. The fourth-order valence-corrected chi connectivity index (χ4v) is 2.43. The Labute approximate surface area is 121 Å². The number of ether oxygens (including phenoxy) is 2. The molecule has 0 aromatic heterocycles. The largest absolute Gasteiger partial charge is 0.396 e. The number of aliphatic hydroxyl groups excluding tert-OH is 1. The summed E-state index contributed by atoms with van der Waals surface area (Å²) in [7, 11) is 0. The molecule has 1 saturated heterocycles. The van der Waals surface area contributed by atoms with E-state index in [1.165, 1.54) is 24.8 Å². The molecule has 3 nitrogen and oxygen atoms in total. The third-order valence-corrected chi connectivity index (χ3v) is 3.73. The highest BCUT2D eigenvalue weighted by Gasteiger charge is 2.37. The topological polar surface area (TPSA) is 42.0 Å². The van der Waals surface area contributed by atoms with E-state index >= 15 is 0 Å². The second-order valence-electron chi connectivity index (χ2n) is 5.49. The minimum Gasteiger partial charge on any atom is -0.396 e. The van der Waals surface area contributed by atoms with Crippen LogP contribution in [0, 0.1) is 0 Å². The van der Waals surface area contributed by atoms with Gasteiger partial charge in [-0.2, -0.15) is 0 Å². The van der Waals surface area contributed by atoms with Crippen LogP contribution in [-0.2, 0) is 16.1 Å². The molecule has 112 valence electrons. The number of hydrogen-bond acceptors (Lipinski definition) is 3. The van der Waals surface area contributed by atoms with Crippen LogP contribution in [0.5, 0.6) is 0 Å². The van der Waals surface area contributed by atoms with Gasteiger partial charge in [0, 0.05) is 6.61 Å². The van der Waals surface area contributed by atoms with Gasteiger partial charge in [0.2, 0.25) is 0 Å². The molecule has 0 bridgehead atoms. The molecule has 0 unspecified atom stereocenters. The van der Waals surface area contributed by atoms with Crippen LogP contribution in [0.4, 0.5) is 0 Å². The lowest BCUT2D eigenvalue weighted by atomic mass is 10.1. The van der Waals surface area contributed by atoms with E-state index in [2.05, 4.69) is 12.1 Å². The molecule has 0 amide bonds. The fraction of sp³-hybridized carbons (Fsp3) is 0.647. The molecule has 1 fully saturated rings. The smallest absolute Gasteiger partial charge is 0.107 e. The molecular weight excluding hydrogens is 252 g/mol. The van der Waals surface area contributed by atoms with Crippen LogP contribution in [0.3, 0.4) is 0 Å². The summed E-state index contributed by atoms with van der Waals surface area (Å²) in [6, 6.07) is 10.2. The van der Waals surface area contributed by atoms with Crippen molar-refractivity contribution >= 4 is 0 Å². The lowest BCUT2D eigenvalue weighted by Crippen LogP contribution is -2.05. The van der Waals surface area contributed by atoms with Crippen LogP contribution in [0.25, 0.3) is 0 Å². The summed E-state index contributed by atoms with van der Waals surface area (Å²) in [5.74, 6) is 0. The fourth-order valence-electron chi connectivity index (χ4n) is 2.43. The average Bonchev–Trinajstić information content (AvgIpc) is 3.22. The van der Waals surface area contributed by atoms with Gasteiger partial charge in [-0.15, -0.1) is 0 Å². The first-order valence-corrected chi connectivity index (χ1v) is 7.78. The second-order valence-corrected chi connectivity index (χ2v) is 5.49. The van der Waals surface area contributed by atoms with Gasteiger partial charge in [0.05, 0.1) is 19.3 Å². The number of unbranched alkanes of at least 4 members (excludes halogenated alkanes) is 4. The van der Waals surface area contributed by atoms with Crippen LogP contribution in [0.2, 0.25) is 0 Å². The van der Waals surface area contributed by atoms with E-state index in [-0.39, 0.29) is 0 Å². The zero-order valence-electron chi connectivity index (χ0n) is 12.2. The maximum Gasteiger partial charge on any atom is 0.107 e. The van der Waals surface area contributed by atoms with Crippen LogP contribution in [0.15, 0.2) is 30.3 Å². The normalized spacial score (nSPS) is 21.1. The van der Waals surface area contributed by atoms with Crippen molar-refractivity contribution in [2.75, 3.05) is 13.2 Å². The van der Waals surface area contributed by atoms with Crippen molar-refractivity contribution in [3.63, 3.8) is 0 Å². The number of aliphatic hydroxyl groups is 1. The third-order valence-electron chi connectivity index (χ3n) is 3.73. The highest BCUT2D eigenvalue weighted by molar-refractivity contribution is 5.13. The molecule has 20 heavy (non-hydrogen) atoms. The van der Waals surface area contributed by atoms with Gasteiger partial charge in [-0.3, -0.25) is 0 Å². The minimum absolute atomic E-state index is 0.316. The summed E-state index contributed by atoms with van der Waals surface area (Å²) in [6.07, 6.45) is 7.67. The van der Waals surface area contributed by atoms with E-state index in [1.807, 2.05) is 18.2 Å². The van der Waals surface area contributed by atoms with Crippen molar-refractivity contribution in [3.05, 3.63) is 35.9 Å². The van der Waals surface area contributed by atoms with E-state index in [9.17, 15) is 0 Å². The Kier molecular flexibility index (Phi) is 7.06. The van der Waals surface area contributed by atoms with Gasteiger partial charge >= 0.3 is 0 Å². The zero-order chi connectivity index (χ0) is 14.0. The molecule has 1 aromatic carbocycles. The molecular formula is C17H26O3. The van der Waals surface area contributed by atoms with Crippen LogP contribution < -0.4 is 0 Å². The first-order valence-electron chi connectivity index (χ1n) is 7.78. The quantitative estimate of drug-likeness (QED) is 0.499. The van der Waals surface area contributed by atoms with Crippen LogP contribution in [0.1, 0.15) is 44.1 Å². The molecule has 2 rings (SSSR count). The van der Waals surface area contributed by atoms with E-state index in [0.717, 1.165) is 19.3 Å². The Morgan fingerprint density at radius 1 is 0.950 bits per heavy atom. The Bertz CT molecular complexity index is 353. The second kappa shape index (κ2) is 9.11. The van der Waals surface area contributed by atoms with Crippen molar-refractivity contribution in [2.24, 2.45) is 0 Å². The lowest BCUT2D eigenvalue weighted by Gasteiger charge is -2.02. The molecule has 0 spiro atoms. The first-order chi connectivity index (χ1) is 9.90. The Morgan fingerprint density at radius 3 is 2.50 bits per heavy atom. The Hall–Kier alpha value is -0.900. The van der Waals surface area contributed by atoms with Crippen molar-refractivity contribution < 1.29 is 14.6 Å².